The predicted molar refractivity (Wildman–Crippen MR) is 80.6 cm³/mol. The number of thioether (sulfide) groups is 1. The monoisotopic (exact) mass is 295 g/mol. The van der Waals surface area contributed by atoms with E-state index in [-0.39, 0.29) is 12.5 Å². The van der Waals surface area contributed by atoms with Gasteiger partial charge in [0.25, 0.3) is 0 Å². The van der Waals surface area contributed by atoms with Gasteiger partial charge in [0.15, 0.2) is 0 Å². The van der Waals surface area contributed by atoms with Crippen molar-refractivity contribution in [1.82, 2.24) is 5.32 Å². The van der Waals surface area contributed by atoms with Crippen LogP contribution in [0, 0.1) is 0 Å². The number of rotatable bonds is 6. The van der Waals surface area contributed by atoms with Crippen molar-refractivity contribution >= 4 is 17.7 Å². The number of aliphatic hydroxyl groups is 1. The van der Waals surface area contributed by atoms with E-state index in [0.29, 0.717) is 31.8 Å². The molecule has 5 heteroatoms. The van der Waals surface area contributed by atoms with E-state index < -0.39 is 5.54 Å². The van der Waals surface area contributed by atoms with Crippen molar-refractivity contribution in [2.75, 3.05) is 25.6 Å². The molecule has 1 fully saturated rings. The average Bonchev–Trinajstić information content (AvgIpc) is 2.49. The molecule has 0 spiro atoms. The third-order valence-corrected chi connectivity index (χ3v) is 4.51. The third kappa shape index (κ3) is 4.51. The Morgan fingerprint density at radius 1 is 1.30 bits per heavy atom. The van der Waals surface area contributed by atoms with Gasteiger partial charge in [-0.1, -0.05) is 30.3 Å². The minimum absolute atomic E-state index is 0.0121. The fraction of sp³-hybridized carbons (Fsp3) is 0.533. The minimum atomic E-state index is -0.483. The molecule has 1 aromatic rings. The fourth-order valence-corrected chi connectivity index (χ4v) is 3.04. The van der Waals surface area contributed by atoms with Crippen LogP contribution in [-0.2, 0) is 15.3 Å². The molecule has 0 unspecified atom stereocenters. The standard InChI is InChI=1S/C15H21NO3S/c17-12-15(6-8-19-9-7-15)16-14(18)11-20-10-13-4-2-1-3-5-13/h1-5,17H,6-12H2,(H,16,18). The average molecular weight is 295 g/mol. The largest absolute Gasteiger partial charge is 0.394 e. The number of carbonyl (C=O) groups excluding carboxylic acids is 1. The second kappa shape index (κ2) is 7.67. The van der Waals surface area contributed by atoms with E-state index in [9.17, 15) is 9.90 Å². The molecule has 1 amide bonds. The van der Waals surface area contributed by atoms with E-state index in [1.54, 1.807) is 11.8 Å². The lowest BCUT2D eigenvalue weighted by molar-refractivity contribution is -0.122. The van der Waals surface area contributed by atoms with Crippen LogP contribution in [-0.4, -0.2) is 42.1 Å². The van der Waals surface area contributed by atoms with Gasteiger partial charge in [-0.05, 0) is 18.4 Å². The number of aliphatic hydroxyl groups excluding tert-OH is 1. The molecule has 4 nitrogen and oxygen atoms in total. The van der Waals surface area contributed by atoms with Crippen molar-refractivity contribution in [3.05, 3.63) is 35.9 Å². The second-order valence-electron chi connectivity index (χ2n) is 5.08. The molecule has 2 N–H and O–H groups in total. The lowest BCUT2D eigenvalue weighted by Crippen LogP contribution is -2.55. The molecule has 0 atom stereocenters. The number of hydrogen-bond donors (Lipinski definition) is 2. The van der Waals surface area contributed by atoms with Crippen molar-refractivity contribution in [2.24, 2.45) is 0 Å². The van der Waals surface area contributed by atoms with Gasteiger partial charge in [-0.3, -0.25) is 4.79 Å². The summed E-state index contributed by atoms with van der Waals surface area (Å²) in [6.45, 7) is 1.17. The number of carbonyl (C=O) groups is 1. The SMILES string of the molecule is O=C(CSCc1ccccc1)NC1(CO)CCOCC1. The highest BCUT2D eigenvalue weighted by atomic mass is 32.2. The normalized spacial score (nSPS) is 17.6. The summed E-state index contributed by atoms with van der Waals surface area (Å²) >= 11 is 1.59. The van der Waals surface area contributed by atoms with E-state index in [2.05, 4.69) is 17.4 Å². The van der Waals surface area contributed by atoms with E-state index in [1.165, 1.54) is 5.56 Å². The van der Waals surface area contributed by atoms with Crippen LogP contribution in [0.1, 0.15) is 18.4 Å². The predicted octanol–water partition coefficient (Wildman–Crippen LogP) is 1.58. The van der Waals surface area contributed by atoms with Gasteiger partial charge in [0, 0.05) is 19.0 Å². The van der Waals surface area contributed by atoms with Crippen LogP contribution in [0.4, 0.5) is 0 Å². The van der Waals surface area contributed by atoms with Gasteiger partial charge in [0.05, 0.1) is 17.9 Å². The molecule has 1 saturated heterocycles. The lowest BCUT2D eigenvalue weighted by Gasteiger charge is -2.36. The zero-order valence-electron chi connectivity index (χ0n) is 11.5. The molecule has 2 rings (SSSR count). The number of benzene rings is 1. The van der Waals surface area contributed by atoms with Gasteiger partial charge in [-0.25, -0.2) is 0 Å². The highest BCUT2D eigenvalue weighted by molar-refractivity contribution is 7.99. The fourth-order valence-electron chi connectivity index (χ4n) is 2.25. The number of ether oxygens (including phenoxy) is 1. The number of hydrogen-bond acceptors (Lipinski definition) is 4. The van der Waals surface area contributed by atoms with Gasteiger partial charge in [0.2, 0.25) is 5.91 Å². The molecule has 110 valence electrons. The summed E-state index contributed by atoms with van der Waals surface area (Å²) in [5.41, 5.74) is 0.732. The van der Waals surface area contributed by atoms with E-state index in [1.807, 2.05) is 18.2 Å². The summed E-state index contributed by atoms with van der Waals surface area (Å²) in [5, 5.41) is 12.5. The third-order valence-electron chi connectivity index (χ3n) is 3.50. The Bertz CT molecular complexity index is 418. The summed E-state index contributed by atoms with van der Waals surface area (Å²) in [7, 11) is 0. The quantitative estimate of drug-likeness (QED) is 0.836. The van der Waals surface area contributed by atoms with Crippen LogP contribution < -0.4 is 5.32 Å². The summed E-state index contributed by atoms with van der Waals surface area (Å²) in [6, 6.07) is 10.1. The Morgan fingerprint density at radius 2 is 2.00 bits per heavy atom. The van der Waals surface area contributed by atoms with Crippen molar-refractivity contribution in [1.29, 1.82) is 0 Å². The molecular formula is C15H21NO3S. The summed E-state index contributed by atoms with van der Waals surface area (Å²) < 4.78 is 5.28. The van der Waals surface area contributed by atoms with E-state index in [0.717, 1.165) is 5.75 Å². The first-order valence-corrected chi connectivity index (χ1v) is 8.01. The molecule has 1 heterocycles. The Morgan fingerprint density at radius 3 is 2.65 bits per heavy atom. The lowest BCUT2D eigenvalue weighted by atomic mass is 9.91. The van der Waals surface area contributed by atoms with Crippen LogP contribution in [0.5, 0.6) is 0 Å². The topological polar surface area (TPSA) is 58.6 Å². The minimum Gasteiger partial charge on any atom is -0.394 e. The van der Waals surface area contributed by atoms with Crippen molar-refractivity contribution in [3.8, 4) is 0 Å². The van der Waals surface area contributed by atoms with Gasteiger partial charge >= 0.3 is 0 Å². The van der Waals surface area contributed by atoms with Gasteiger partial charge in [0.1, 0.15) is 0 Å². The van der Waals surface area contributed by atoms with Crippen LogP contribution in [0.15, 0.2) is 30.3 Å². The molecule has 0 bridgehead atoms. The molecule has 1 aliphatic heterocycles. The first-order valence-electron chi connectivity index (χ1n) is 6.85. The maximum atomic E-state index is 12.0. The van der Waals surface area contributed by atoms with Crippen molar-refractivity contribution in [3.63, 3.8) is 0 Å². The van der Waals surface area contributed by atoms with E-state index in [4.69, 9.17) is 4.74 Å². The van der Waals surface area contributed by atoms with Crippen molar-refractivity contribution in [2.45, 2.75) is 24.1 Å². The summed E-state index contributed by atoms with van der Waals surface area (Å²) in [5.74, 6) is 1.22. The van der Waals surface area contributed by atoms with Crippen LogP contribution in [0.25, 0.3) is 0 Å². The highest BCUT2D eigenvalue weighted by Gasteiger charge is 2.33. The Hall–Kier alpha value is -1.04. The van der Waals surface area contributed by atoms with E-state index >= 15 is 0 Å². The summed E-state index contributed by atoms with van der Waals surface area (Å²) in [4.78, 5) is 12.0. The molecule has 0 aromatic heterocycles. The smallest absolute Gasteiger partial charge is 0.230 e. The van der Waals surface area contributed by atoms with Gasteiger partial charge in [-0.15, -0.1) is 11.8 Å². The first kappa shape index (κ1) is 15.4. The Balaban J connectivity index is 1.74. The zero-order valence-corrected chi connectivity index (χ0v) is 12.3. The molecule has 0 radical (unpaired) electrons. The summed E-state index contributed by atoms with van der Waals surface area (Å²) in [6.07, 6.45) is 1.36. The molecular weight excluding hydrogens is 274 g/mol. The maximum absolute atomic E-state index is 12.0. The van der Waals surface area contributed by atoms with Crippen LogP contribution in [0.2, 0.25) is 0 Å². The second-order valence-corrected chi connectivity index (χ2v) is 6.06. The maximum Gasteiger partial charge on any atom is 0.230 e. The van der Waals surface area contributed by atoms with Gasteiger partial charge < -0.3 is 15.2 Å². The number of nitrogens with one attached hydrogen (secondary N) is 1. The molecule has 1 aliphatic rings. The Labute approximate surface area is 123 Å². The molecule has 20 heavy (non-hydrogen) atoms. The molecule has 0 saturated carbocycles. The zero-order chi connectivity index (χ0) is 14.3. The first-order chi connectivity index (χ1) is 9.74. The Kier molecular flexibility index (Phi) is 5.88. The van der Waals surface area contributed by atoms with Gasteiger partial charge in [-0.2, -0.15) is 0 Å². The molecule has 0 aliphatic carbocycles. The molecule has 1 aromatic carbocycles. The number of amides is 1. The van der Waals surface area contributed by atoms with Crippen molar-refractivity contribution < 1.29 is 14.6 Å². The highest BCUT2D eigenvalue weighted by Crippen LogP contribution is 2.20. The van der Waals surface area contributed by atoms with Crippen LogP contribution >= 0.6 is 11.8 Å². The van der Waals surface area contributed by atoms with Crippen LogP contribution in [0.3, 0.4) is 0 Å².